The van der Waals surface area contributed by atoms with E-state index in [-0.39, 0.29) is 42.6 Å². The van der Waals surface area contributed by atoms with Crippen LogP contribution in [0.1, 0.15) is 104 Å². The van der Waals surface area contributed by atoms with Gasteiger partial charge in [-0.05, 0) is 73.1 Å². The number of ether oxygens (including phenoxy) is 3. The average Bonchev–Trinajstić information content (AvgIpc) is 3.60. The van der Waals surface area contributed by atoms with Gasteiger partial charge in [0, 0.05) is 74.6 Å². The minimum atomic E-state index is -1.12. The lowest BCUT2D eigenvalue weighted by atomic mass is 9.48. The number of rotatable bonds is 18. The molecule has 3 amide bonds. The topological polar surface area (TPSA) is 144 Å². The normalized spacial score (nSPS) is 25.4. The number of anilines is 1. The van der Waals surface area contributed by atoms with Crippen LogP contribution in [0.25, 0.3) is 0 Å². The number of quaternary nitrogens is 1. The Morgan fingerprint density at radius 1 is 1.00 bits per heavy atom. The molecule has 2 bridgehead atoms. The molecule has 2 fully saturated rings. The van der Waals surface area contributed by atoms with Crippen LogP contribution < -0.4 is 25.0 Å². The van der Waals surface area contributed by atoms with E-state index in [1.807, 2.05) is 42.5 Å². The molecule has 4 aliphatic rings. The predicted molar refractivity (Wildman–Crippen MR) is 225 cm³/mol. The highest BCUT2D eigenvalue weighted by molar-refractivity contribution is 5.94. The van der Waals surface area contributed by atoms with Crippen molar-refractivity contribution in [3.05, 3.63) is 88.5 Å². The van der Waals surface area contributed by atoms with E-state index in [1.54, 1.807) is 12.0 Å². The van der Waals surface area contributed by atoms with E-state index in [2.05, 4.69) is 49.7 Å². The number of ketones is 1. The summed E-state index contributed by atoms with van der Waals surface area (Å²) in [7, 11) is 3.83. The van der Waals surface area contributed by atoms with E-state index >= 15 is 0 Å². The van der Waals surface area contributed by atoms with Gasteiger partial charge in [-0.15, -0.1) is 0 Å². The Bertz CT molecular complexity index is 2040. The van der Waals surface area contributed by atoms with Crippen LogP contribution in [0.15, 0.2) is 60.7 Å². The molecule has 3 aromatic carbocycles. The number of benzene rings is 3. The molecule has 2 heterocycles. The zero-order valence-corrected chi connectivity index (χ0v) is 35.3. The zero-order chi connectivity index (χ0) is 42.0. The Hall–Kier alpha value is -4.78. The molecular formula is C47H61N4O8+. The largest absolute Gasteiger partial charge is 0.493 e. The van der Waals surface area contributed by atoms with Gasteiger partial charge in [-0.3, -0.25) is 19.2 Å². The molecule has 0 aromatic heterocycles. The second kappa shape index (κ2) is 17.4. The fourth-order valence-corrected chi connectivity index (χ4v) is 10.4. The summed E-state index contributed by atoms with van der Waals surface area (Å²) in [4.78, 5) is 52.9. The number of aliphatic hydroxyl groups is 1. The summed E-state index contributed by atoms with van der Waals surface area (Å²) in [6.07, 6.45) is 3.96. The summed E-state index contributed by atoms with van der Waals surface area (Å²) >= 11 is 0. The number of amides is 3. The van der Waals surface area contributed by atoms with Gasteiger partial charge < -0.3 is 39.3 Å². The molecule has 1 saturated carbocycles. The van der Waals surface area contributed by atoms with E-state index in [9.17, 15) is 24.3 Å². The molecule has 59 heavy (non-hydrogen) atoms. The predicted octanol–water partition coefficient (Wildman–Crippen LogP) is 5.36. The van der Waals surface area contributed by atoms with Crippen LogP contribution in [-0.4, -0.2) is 104 Å². The average molecular weight is 810 g/mol. The molecule has 2 aliphatic heterocycles. The lowest BCUT2D eigenvalue weighted by Crippen LogP contribution is -2.80. The van der Waals surface area contributed by atoms with Gasteiger partial charge in [0.1, 0.15) is 18.2 Å². The first-order valence-corrected chi connectivity index (χ1v) is 21.4. The molecule has 3 aromatic rings. The van der Waals surface area contributed by atoms with Gasteiger partial charge in [-0.1, -0.05) is 44.2 Å². The van der Waals surface area contributed by atoms with Gasteiger partial charge in [0.15, 0.2) is 23.4 Å². The van der Waals surface area contributed by atoms with Crippen LogP contribution in [0, 0.1) is 0 Å². The molecule has 12 heteroatoms. The number of nitrogens with one attached hydrogen (secondary N) is 2. The van der Waals surface area contributed by atoms with Gasteiger partial charge in [0.2, 0.25) is 11.8 Å². The first-order chi connectivity index (χ1) is 28.3. The number of hydrogen-bond donors (Lipinski definition) is 3. The SMILES string of the molecule is CCC(C)c1ccc(C(=O)NCCOCCN(C(=O)CCCCNC(C)=O)c2ccc(C[N+]3(C)CC[C@]45c6c7ccc(OC)c6O[C@H]4C(=O)CC[C@@]5(O)[C@H]3C7)cc2)cc1. The third-order valence-electron chi connectivity index (χ3n) is 13.7. The van der Waals surface area contributed by atoms with Crippen LogP contribution in [-0.2, 0) is 37.5 Å². The quantitative estimate of drug-likeness (QED) is 0.115. The monoisotopic (exact) mass is 809 g/mol. The minimum absolute atomic E-state index is 0.0297. The highest BCUT2D eigenvalue weighted by atomic mass is 16.5. The number of Topliss-reactive ketones (excluding diaryl/α,β-unsaturated/α-hetero) is 1. The molecule has 12 nitrogen and oxygen atoms in total. The van der Waals surface area contributed by atoms with E-state index in [0.29, 0.717) is 98.8 Å². The summed E-state index contributed by atoms with van der Waals surface area (Å²) in [5, 5.41) is 18.6. The van der Waals surface area contributed by atoms with Crippen LogP contribution in [0.2, 0.25) is 0 Å². The Morgan fingerprint density at radius 3 is 2.47 bits per heavy atom. The summed E-state index contributed by atoms with van der Waals surface area (Å²) < 4.78 is 18.6. The zero-order valence-electron chi connectivity index (χ0n) is 35.3. The second-order valence-electron chi connectivity index (χ2n) is 17.3. The molecular weight excluding hydrogens is 749 g/mol. The Balaban J connectivity index is 1.01. The molecule has 2 unspecified atom stereocenters. The number of nitrogens with zero attached hydrogens (tertiary/aromatic N) is 2. The van der Waals surface area contributed by atoms with Crippen molar-refractivity contribution in [1.29, 1.82) is 0 Å². The number of unbranched alkanes of at least 4 members (excludes halogenated alkanes) is 1. The Labute approximate surface area is 348 Å². The van der Waals surface area contributed by atoms with Gasteiger partial charge in [-0.25, -0.2) is 0 Å². The Kier molecular flexibility index (Phi) is 12.5. The summed E-state index contributed by atoms with van der Waals surface area (Å²) in [6.45, 7) is 9.05. The van der Waals surface area contributed by atoms with Gasteiger partial charge >= 0.3 is 0 Å². The number of likely N-dealkylation sites (N-methyl/N-ethyl adjacent to an activating group) is 1. The third-order valence-corrected chi connectivity index (χ3v) is 13.7. The first kappa shape index (κ1) is 42.3. The molecule has 6 atom stereocenters. The van der Waals surface area contributed by atoms with Crippen molar-refractivity contribution < 1.29 is 43.0 Å². The summed E-state index contributed by atoms with van der Waals surface area (Å²) in [5.74, 6) is 1.45. The summed E-state index contributed by atoms with van der Waals surface area (Å²) in [5.41, 5.74) is 3.86. The van der Waals surface area contributed by atoms with Crippen LogP contribution >= 0.6 is 0 Å². The van der Waals surface area contributed by atoms with E-state index in [0.717, 1.165) is 35.3 Å². The number of likely N-dealkylation sites (tertiary alicyclic amines) is 1. The van der Waals surface area contributed by atoms with E-state index in [4.69, 9.17) is 14.2 Å². The molecule has 1 saturated heterocycles. The van der Waals surface area contributed by atoms with Crippen molar-refractivity contribution in [3.63, 3.8) is 0 Å². The van der Waals surface area contributed by atoms with Crippen LogP contribution in [0.3, 0.4) is 0 Å². The number of methoxy groups -OCH3 is 1. The van der Waals surface area contributed by atoms with E-state index < -0.39 is 17.1 Å². The van der Waals surface area contributed by atoms with Crippen LogP contribution in [0.5, 0.6) is 11.5 Å². The van der Waals surface area contributed by atoms with Crippen molar-refractivity contribution >= 4 is 29.2 Å². The maximum absolute atomic E-state index is 13.7. The lowest BCUT2D eigenvalue weighted by Gasteiger charge is -2.64. The third kappa shape index (κ3) is 7.99. The standard InChI is InChI=1S/C47H60N4O8/c1-6-31(2)34-12-14-35(15-13-34)45(55)49-24-27-58-28-25-50(41(54)9-7-8-23-48-32(3)52)37-17-10-33(11-18-37)30-51(4)26-22-46-42-36-16-19-39(57-5)43(42)59-44(46)38(53)20-21-47(46,56)40(51)29-36/h10-19,31,40,44,56H,6-9,20-30H2,1-5H3,(H-,48,49,52,55)/p+1/t31?,40-,44+,46+,47-,51?/m1/s1. The van der Waals surface area contributed by atoms with Gasteiger partial charge in [-0.2, -0.15) is 0 Å². The van der Waals surface area contributed by atoms with Crippen molar-refractivity contribution in [1.82, 2.24) is 10.6 Å². The first-order valence-electron chi connectivity index (χ1n) is 21.4. The lowest BCUT2D eigenvalue weighted by molar-refractivity contribution is -0.961. The van der Waals surface area contributed by atoms with E-state index in [1.165, 1.54) is 12.5 Å². The number of piperidine rings is 1. The summed E-state index contributed by atoms with van der Waals surface area (Å²) in [6, 6.07) is 19.7. The number of carbonyl (C=O) groups is 4. The molecule has 316 valence electrons. The fourth-order valence-electron chi connectivity index (χ4n) is 10.4. The van der Waals surface area contributed by atoms with Crippen LogP contribution in [0.4, 0.5) is 5.69 Å². The molecule has 0 radical (unpaired) electrons. The smallest absolute Gasteiger partial charge is 0.251 e. The molecule has 1 spiro atoms. The number of carbonyl (C=O) groups excluding carboxylic acids is 4. The highest BCUT2D eigenvalue weighted by Crippen LogP contribution is 2.66. The molecule has 3 N–H and O–H groups in total. The Morgan fingerprint density at radius 2 is 1.76 bits per heavy atom. The maximum atomic E-state index is 13.7. The van der Waals surface area contributed by atoms with Crippen molar-refractivity contribution in [2.45, 2.75) is 108 Å². The minimum Gasteiger partial charge on any atom is -0.493 e. The van der Waals surface area contributed by atoms with Crippen molar-refractivity contribution in [3.8, 4) is 11.5 Å². The van der Waals surface area contributed by atoms with Gasteiger partial charge in [0.05, 0.1) is 39.3 Å². The molecule has 2 aliphatic carbocycles. The maximum Gasteiger partial charge on any atom is 0.251 e. The fraction of sp³-hybridized carbons (Fsp3) is 0.532. The van der Waals surface area contributed by atoms with Crippen molar-refractivity contribution in [2.24, 2.45) is 0 Å². The highest BCUT2D eigenvalue weighted by Gasteiger charge is 2.76. The second-order valence-corrected chi connectivity index (χ2v) is 17.3. The molecule has 7 rings (SSSR count). The van der Waals surface area contributed by atoms with Crippen molar-refractivity contribution in [2.75, 3.05) is 58.5 Å². The number of hydrogen-bond acceptors (Lipinski definition) is 8. The van der Waals surface area contributed by atoms with Gasteiger partial charge in [0.25, 0.3) is 5.91 Å².